The molecular weight excluding hydrogens is 262 g/mol. The number of piperidine rings is 1. The molecule has 1 N–H and O–H groups in total. The van der Waals surface area contributed by atoms with Crippen molar-refractivity contribution >= 4 is 0 Å². The van der Waals surface area contributed by atoms with Crippen molar-refractivity contribution in [3.63, 3.8) is 0 Å². The minimum Gasteiger partial charge on any atom is -0.491 e. The van der Waals surface area contributed by atoms with Crippen LogP contribution in [0.1, 0.15) is 46.1 Å². The van der Waals surface area contributed by atoms with Crippen LogP contribution in [-0.4, -0.2) is 35.7 Å². The minimum absolute atomic E-state index is 0.155. The smallest absolute Gasteiger partial charge is 0.120 e. The van der Waals surface area contributed by atoms with E-state index in [9.17, 15) is 5.11 Å². The molecule has 1 aromatic carbocycles. The third kappa shape index (κ3) is 4.45. The van der Waals surface area contributed by atoms with Crippen molar-refractivity contribution < 1.29 is 9.84 Å². The van der Waals surface area contributed by atoms with Crippen LogP contribution in [0.2, 0.25) is 0 Å². The number of nitrogens with zero attached hydrogens (tertiary/aromatic N) is 1. The van der Waals surface area contributed by atoms with E-state index in [1.807, 2.05) is 38.1 Å². The Hall–Kier alpha value is -1.06. The highest BCUT2D eigenvalue weighted by molar-refractivity contribution is 5.33. The zero-order valence-corrected chi connectivity index (χ0v) is 13.8. The zero-order chi connectivity index (χ0) is 15.5. The first kappa shape index (κ1) is 16.3. The maximum absolute atomic E-state index is 11.0. The second-order valence-electron chi connectivity index (χ2n) is 6.92. The van der Waals surface area contributed by atoms with Gasteiger partial charge in [-0.05, 0) is 50.3 Å². The van der Waals surface area contributed by atoms with Gasteiger partial charge in [0, 0.05) is 19.6 Å². The maximum Gasteiger partial charge on any atom is 0.120 e. The van der Waals surface area contributed by atoms with Gasteiger partial charge >= 0.3 is 0 Å². The Balaban J connectivity index is 2.04. The highest BCUT2D eigenvalue weighted by Crippen LogP contribution is 2.34. The van der Waals surface area contributed by atoms with Crippen LogP contribution in [0.4, 0.5) is 0 Å². The van der Waals surface area contributed by atoms with Gasteiger partial charge < -0.3 is 14.7 Å². The molecule has 1 aromatic rings. The number of likely N-dealkylation sites (tertiary alicyclic amines) is 1. The third-order valence-corrected chi connectivity index (χ3v) is 4.05. The predicted octanol–water partition coefficient (Wildman–Crippen LogP) is 3.41. The summed E-state index contributed by atoms with van der Waals surface area (Å²) in [5.74, 6) is 1.53. The van der Waals surface area contributed by atoms with E-state index < -0.39 is 5.60 Å². The predicted molar refractivity (Wildman–Crippen MR) is 86.6 cm³/mol. The fourth-order valence-electron chi connectivity index (χ4n) is 3.04. The molecule has 3 nitrogen and oxygen atoms in total. The molecule has 1 aliphatic heterocycles. The lowest BCUT2D eigenvalue weighted by atomic mass is 9.84. The summed E-state index contributed by atoms with van der Waals surface area (Å²) >= 11 is 0. The minimum atomic E-state index is -0.705. The molecule has 0 bridgehead atoms. The van der Waals surface area contributed by atoms with E-state index in [0.29, 0.717) is 5.92 Å². The molecule has 0 amide bonds. The number of ether oxygens (including phenoxy) is 1. The fraction of sp³-hybridized carbons (Fsp3) is 0.667. The molecule has 0 aliphatic carbocycles. The molecule has 0 radical (unpaired) electrons. The molecule has 3 heteroatoms. The van der Waals surface area contributed by atoms with Gasteiger partial charge in [-0.3, -0.25) is 0 Å². The van der Waals surface area contributed by atoms with Crippen molar-refractivity contribution in [1.29, 1.82) is 0 Å². The van der Waals surface area contributed by atoms with E-state index in [-0.39, 0.29) is 6.10 Å². The summed E-state index contributed by atoms with van der Waals surface area (Å²) in [6.07, 6.45) is 1.75. The van der Waals surface area contributed by atoms with Gasteiger partial charge in [-0.15, -0.1) is 0 Å². The molecular formula is C18H29NO2. The molecule has 1 fully saturated rings. The molecule has 0 atom stereocenters. The van der Waals surface area contributed by atoms with Gasteiger partial charge in [-0.25, -0.2) is 0 Å². The lowest BCUT2D eigenvalue weighted by molar-refractivity contribution is -0.0281. The molecule has 1 saturated heterocycles. The number of hydrogen-bond acceptors (Lipinski definition) is 3. The monoisotopic (exact) mass is 291 g/mol. The van der Waals surface area contributed by atoms with Crippen LogP contribution < -0.4 is 4.74 Å². The van der Waals surface area contributed by atoms with Gasteiger partial charge in [0.15, 0.2) is 0 Å². The van der Waals surface area contributed by atoms with E-state index in [0.717, 1.165) is 43.8 Å². The van der Waals surface area contributed by atoms with E-state index in [1.54, 1.807) is 0 Å². The first-order chi connectivity index (χ1) is 9.89. The van der Waals surface area contributed by atoms with Gasteiger partial charge in [0.05, 0.1) is 11.7 Å². The van der Waals surface area contributed by atoms with Crippen molar-refractivity contribution in [3.05, 3.63) is 29.8 Å². The normalized spacial score (nSPS) is 19.2. The second-order valence-corrected chi connectivity index (χ2v) is 6.92. The lowest BCUT2D eigenvalue weighted by Gasteiger charge is -2.39. The highest BCUT2D eigenvalue weighted by Gasteiger charge is 2.34. The Morgan fingerprint density at radius 1 is 1.19 bits per heavy atom. The topological polar surface area (TPSA) is 32.7 Å². The molecule has 2 rings (SSSR count). The standard InChI is InChI=1S/C18H29NO2/c1-14(2)13-19-10-8-18(20,9-11-19)16-6-5-7-17(12-16)21-15(3)4/h5-7,12,14-15,20H,8-11,13H2,1-4H3. The molecule has 1 heterocycles. The van der Waals surface area contributed by atoms with Crippen molar-refractivity contribution in [1.82, 2.24) is 4.90 Å². The van der Waals surface area contributed by atoms with Crippen molar-refractivity contribution in [2.24, 2.45) is 5.92 Å². The second kappa shape index (κ2) is 6.80. The Morgan fingerprint density at radius 3 is 2.43 bits per heavy atom. The van der Waals surface area contributed by atoms with Crippen molar-refractivity contribution in [2.75, 3.05) is 19.6 Å². The van der Waals surface area contributed by atoms with Crippen LogP contribution in [-0.2, 0) is 5.60 Å². The summed E-state index contributed by atoms with van der Waals surface area (Å²) < 4.78 is 5.74. The molecule has 21 heavy (non-hydrogen) atoms. The Bertz CT molecular complexity index is 448. The number of hydrogen-bond donors (Lipinski definition) is 1. The molecule has 0 spiro atoms. The first-order valence-electron chi connectivity index (χ1n) is 8.11. The van der Waals surface area contributed by atoms with Crippen molar-refractivity contribution in [2.45, 2.75) is 52.2 Å². The molecule has 0 aromatic heterocycles. The molecule has 0 unspecified atom stereocenters. The summed E-state index contributed by atoms with van der Waals surface area (Å²) in [5, 5.41) is 11.0. The van der Waals surface area contributed by atoms with Crippen LogP contribution >= 0.6 is 0 Å². The summed E-state index contributed by atoms with van der Waals surface area (Å²) in [4.78, 5) is 2.45. The summed E-state index contributed by atoms with van der Waals surface area (Å²) in [7, 11) is 0. The number of benzene rings is 1. The summed E-state index contributed by atoms with van der Waals surface area (Å²) in [5.41, 5.74) is 0.286. The average molecular weight is 291 g/mol. The highest BCUT2D eigenvalue weighted by atomic mass is 16.5. The first-order valence-corrected chi connectivity index (χ1v) is 8.11. The molecule has 1 aliphatic rings. The lowest BCUT2D eigenvalue weighted by Crippen LogP contribution is -2.43. The van der Waals surface area contributed by atoms with E-state index in [2.05, 4.69) is 18.7 Å². The van der Waals surface area contributed by atoms with Crippen LogP contribution in [0.5, 0.6) is 5.75 Å². The van der Waals surface area contributed by atoms with E-state index in [4.69, 9.17) is 4.74 Å². The van der Waals surface area contributed by atoms with E-state index >= 15 is 0 Å². The zero-order valence-electron chi connectivity index (χ0n) is 13.8. The summed E-state index contributed by atoms with van der Waals surface area (Å²) in [6.45, 7) is 11.6. The SMILES string of the molecule is CC(C)CN1CCC(O)(c2cccc(OC(C)C)c2)CC1. The van der Waals surface area contributed by atoms with Crippen LogP contribution in [0.25, 0.3) is 0 Å². The van der Waals surface area contributed by atoms with Crippen LogP contribution in [0.15, 0.2) is 24.3 Å². The molecule has 118 valence electrons. The Morgan fingerprint density at radius 2 is 1.86 bits per heavy atom. The third-order valence-electron chi connectivity index (χ3n) is 4.05. The average Bonchev–Trinajstić information content (AvgIpc) is 2.41. The number of aliphatic hydroxyl groups is 1. The number of rotatable bonds is 5. The largest absolute Gasteiger partial charge is 0.491 e. The van der Waals surface area contributed by atoms with Crippen LogP contribution in [0, 0.1) is 5.92 Å². The van der Waals surface area contributed by atoms with Crippen molar-refractivity contribution in [3.8, 4) is 5.75 Å². The fourth-order valence-corrected chi connectivity index (χ4v) is 3.04. The summed E-state index contributed by atoms with van der Waals surface area (Å²) in [6, 6.07) is 7.95. The Labute approximate surface area is 128 Å². The van der Waals surface area contributed by atoms with Gasteiger partial charge in [0.1, 0.15) is 5.75 Å². The molecule has 0 saturated carbocycles. The van der Waals surface area contributed by atoms with E-state index in [1.165, 1.54) is 0 Å². The quantitative estimate of drug-likeness (QED) is 0.902. The van der Waals surface area contributed by atoms with Crippen LogP contribution in [0.3, 0.4) is 0 Å². The van der Waals surface area contributed by atoms with Gasteiger partial charge in [0.25, 0.3) is 0 Å². The van der Waals surface area contributed by atoms with Gasteiger partial charge in [-0.1, -0.05) is 26.0 Å². The Kier molecular flexibility index (Phi) is 5.28. The maximum atomic E-state index is 11.0. The van der Waals surface area contributed by atoms with Gasteiger partial charge in [0.2, 0.25) is 0 Å². The van der Waals surface area contributed by atoms with Gasteiger partial charge in [-0.2, -0.15) is 0 Å².